The number of amides is 3. The molecule has 0 radical (unpaired) electrons. The van der Waals surface area contributed by atoms with Crippen molar-refractivity contribution in [3.05, 3.63) is 18.5 Å². The Bertz CT molecular complexity index is 780. The lowest BCUT2D eigenvalue weighted by Gasteiger charge is -2.43. The Labute approximate surface area is 195 Å². The summed E-state index contributed by atoms with van der Waals surface area (Å²) in [7, 11) is 3.52. The largest absolute Gasteiger partial charge is 0.376 e. The molecule has 182 valence electrons. The maximum Gasteiger partial charge on any atom is 0.319 e. The number of carbonyl (C=O) groups excluding carboxylic acids is 2. The molecule has 3 fully saturated rings. The van der Waals surface area contributed by atoms with Crippen molar-refractivity contribution in [2.24, 2.45) is 0 Å². The molecule has 4 heterocycles. The molecule has 1 aromatic heterocycles. The van der Waals surface area contributed by atoms with Crippen LogP contribution in [0, 0.1) is 0 Å². The van der Waals surface area contributed by atoms with E-state index in [-0.39, 0.29) is 36.2 Å². The van der Waals surface area contributed by atoms with Crippen LogP contribution in [-0.2, 0) is 14.3 Å². The number of rotatable bonds is 6. The first-order valence-electron chi connectivity index (χ1n) is 12.1. The van der Waals surface area contributed by atoms with Crippen LogP contribution in [0.2, 0.25) is 0 Å². The highest BCUT2D eigenvalue weighted by molar-refractivity contribution is 5.81. The quantitative estimate of drug-likeness (QED) is 0.682. The number of carbonyl (C=O) groups is 2. The van der Waals surface area contributed by atoms with Gasteiger partial charge in [0.1, 0.15) is 6.10 Å². The summed E-state index contributed by atoms with van der Waals surface area (Å²) in [5.41, 5.74) is 0. The Kier molecular flexibility index (Phi) is 7.97. The zero-order valence-electron chi connectivity index (χ0n) is 19.7. The fraction of sp³-hybridized carbons (Fsp3) is 0.739. The van der Waals surface area contributed by atoms with Gasteiger partial charge in [-0.3, -0.25) is 4.79 Å². The molecule has 0 saturated carbocycles. The predicted molar refractivity (Wildman–Crippen MR) is 123 cm³/mol. The molecule has 3 saturated heterocycles. The minimum atomic E-state index is -0.379. The van der Waals surface area contributed by atoms with Crippen molar-refractivity contribution < 1.29 is 19.1 Å². The van der Waals surface area contributed by atoms with Crippen LogP contribution in [0.3, 0.4) is 0 Å². The van der Waals surface area contributed by atoms with Crippen LogP contribution in [0.1, 0.15) is 38.5 Å². The zero-order valence-corrected chi connectivity index (χ0v) is 19.7. The van der Waals surface area contributed by atoms with Crippen molar-refractivity contribution in [3.63, 3.8) is 0 Å². The maximum absolute atomic E-state index is 12.9. The highest BCUT2D eigenvalue weighted by atomic mass is 16.5. The van der Waals surface area contributed by atoms with Crippen molar-refractivity contribution >= 4 is 17.9 Å². The average molecular weight is 461 g/mol. The monoisotopic (exact) mass is 460 g/mol. The van der Waals surface area contributed by atoms with Crippen LogP contribution >= 0.6 is 0 Å². The molecule has 0 unspecified atom stereocenters. The lowest BCUT2D eigenvalue weighted by Crippen LogP contribution is -2.61. The van der Waals surface area contributed by atoms with Crippen molar-refractivity contribution in [2.45, 2.75) is 62.8 Å². The third-order valence-electron chi connectivity index (χ3n) is 6.74. The van der Waals surface area contributed by atoms with E-state index in [9.17, 15) is 9.59 Å². The van der Waals surface area contributed by atoms with Crippen molar-refractivity contribution in [1.82, 2.24) is 25.1 Å². The van der Waals surface area contributed by atoms with Crippen LogP contribution in [0.25, 0.3) is 0 Å². The van der Waals surface area contributed by atoms with Gasteiger partial charge in [0.05, 0.1) is 24.8 Å². The number of piperidine rings is 2. The van der Waals surface area contributed by atoms with Gasteiger partial charge in [0.25, 0.3) is 0 Å². The van der Waals surface area contributed by atoms with Gasteiger partial charge in [-0.15, -0.1) is 0 Å². The van der Waals surface area contributed by atoms with Gasteiger partial charge in [0, 0.05) is 52.7 Å². The standard InChI is InChI=1S/C23H36N6O4/c1-27(2)23(31)29-12-3-6-18(26-21(30)20-7-4-15-32-20)19(29)16-33-17-8-13-28(14-9-17)22-24-10-5-11-25-22/h5,10-11,17-20H,3-4,6-9,12-16H2,1-2H3,(H,26,30)/t18-,19-,20+/m1/s1. The van der Waals surface area contributed by atoms with Crippen LogP contribution < -0.4 is 10.2 Å². The molecule has 1 aromatic rings. The summed E-state index contributed by atoms with van der Waals surface area (Å²) in [5, 5.41) is 3.17. The summed E-state index contributed by atoms with van der Waals surface area (Å²) in [6.07, 6.45) is 8.34. The molecule has 3 atom stereocenters. The second-order valence-electron chi connectivity index (χ2n) is 9.27. The van der Waals surface area contributed by atoms with Crippen LogP contribution in [0.15, 0.2) is 18.5 Å². The number of ether oxygens (including phenoxy) is 2. The van der Waals surface area contributed by atoms with Gasteiger partial charge in [-0.05, 0) is 44.6 Å². The number of hydrogen-bond acceptors (Lipinski definition) is 7. The van der Waals surface area contributed by atoms with Gasteiger partial charge in [-0.2, -0.15) is 0 Å². The molecule has 10 nitrogen and oxygen atoms in total. The third-order valence-corrected chi connectivity index (χ3v) is 6.74. The fourth-order valence-corrected chi connectivity index (χ4v) is 4.90. The van der Waals surface area contributed by atoms with Crippen molar-refractivity contribution in [3.8, 4) is 0 Å². The second kappa shape index (κ2) is 11.1. The summed E-state index contributed by atoms with van der Waals surface area (Å²) in [4.78, 5) is 39.9. The van der Waals surface area contributed by atoms with Gasteiger partial charge in [0.15, 0.2) is 0 Å². The molecular weight excluding hydrogens is 424 g/mol. The summed E-state index contributed by atoms with van der Waals surface area (Å²) in [6.45, 7) is 3.37. The van der Waals surface area contributed by atoms with Crippen LogP contribution in [0.5, 0.6) is 0 Å². The van der Waals surface area contributed by atoms with Gasteiger partial charge >= 0.3 is 6.03 Å². The predicted octanol–water partition coefficient (Wildman–Crippen LogP) is 1.27. The topological polar surface area (TPSA) is 100 Å². The molecule has 0 bridgehead atoms. The van der Waals surface area contributed by atoms with Gasteiger partial charge in [-0.25, -0.2) is 14.8 Å². The van der Waals surface area contributed by atoms with E-state index in [2.05, 4.69) is 20.2 Å². The Morgan fingerprint density at radius 1 is 1.12 bits per heavy atom. The fourth-order valence-electron chi connectivity index (χ4n) is 4.90. The molecule has 33 heavy (non-hydrogen) atoms. The Balaban J connectivity index is 1.36. The summed E-state index contributed by atoms with van der Waals surface area (Å²) < 4.78 is 11.9. The highest BCUT2D eigenvalue weighted by Crippen LogP contribution is 2.23. The first kappa shape index (κ1) is 23.7. The van der Waals surface area contributed by atoms with Crippen molar-refractivity contribution in [1.29, 1.82) is 0 Å². The third kappa shape index (κ3) is 5.92. The van der Waals surface area contributed by atoms with E-state index in [0.29, 0.717) is 19.8 Å². The second-order valence-corrected chi connectivity index (χ2v) is 9.27. The summed E-state index contributed by atoms with van der Waals surface area (Å²) in [5.74, 6) is 0.681. The van der Waals surface area contributed by atoms with E-state index in [1.807, 2.05) is 11.0 Å². The highest BCUT2D eigenvalue weighted by Gasteiger charge is 2.38. The van der Waals surface area contributed by atoms with Crippen molar-refractivity contribution in [2.75, 3.05) is 51.8 Å². The average Bonchev–Trinajstić information content (AvgIpc) is 3.39. The molecule has 0 aromatic carbocycles. The van der Waals surface area contributed by atoms with E-state index in [1.165, 1.54) is 0 Å². The van der Waals surface area contributed by atoms with Gasteiger partial charge in [-0.1, -0.05) is 0 Å². The molecular formula is C23H36N6O4. The molecule has 1 N–H and O–H groups in total. The molecule has 3 aliphatic rings. The molecule has 4 rings (SSSR count). The number of anilines is 1. The zero-order chi connectivity index (χ0) is 23.2. The lowest BCUT2D eigenvalue weighted by atomic mass is 9.96. The van der Waals surface area contributed by atoms with E-state index in [0.717, 1.165) is 57.6 Å². The van der Waals surface area contributed by atoms with Gasteiger partial charge < -0.3 is 29.5 Å². The Morgan fingerprint density at radius 3 is 2.55 bits per heavy atom. The first-order chi connectivity index (χ1) is 16.0. The number of nitrogens with one attached hydrogen (secondary N) is 1. The number of aromatic nitrogens is 2. The van der Waals surface area contributed by atoms with Crippen LogP contribution in [-0.4, -0.2) is 103 Å². The van der Waals surface area contributed by atoms with E-state index >= 15 is 0 Å². The summed E-state index contributed by atoms with van der Waals surface area (Å²) in [6, 6.07) is 1.43. The van der Waals surface area contributed by atoms with E-state index in [1.54, 1.807) is 31.4 Å². The minimum Gasteiger partial charge on any atom is -0.376 e. The van der Waals surface area contributed by atoms with Gasteiger partial charge in [0.2, 0.25) is 11.9 Å². The van der Waals surface area contributed by atoms with E-state index in [4.69, 9.17) is 9.47 Å². The molecule has 3 amide bonds. The number of nitrogens with zero attached hydrogens (tertiary/aromatic N) is 5. The minimum absolute atomic E-state index is 0.0456. The Hall–Kier alpha value is -2.46. The molecule has 0 aliphatic carbocycles. The maximum atomic E-state index is 12.9. The lowest BCUT2D eigenvalue weighted by molar-refractivity contribution is -0.132. The van der Waals surface area contributed by atoms with E-state index < -0.39 is 0 Å². The normalized spacial score (nSPS) is 26.3. The number of hydrogen-bond donors (Lipinski definition) is 1. The molecule has 0 spiro atoms. The first-order valence-corrected chi connectivity index (χ1v) is 12.1. The van der Waals surface area contributed by atoms with Crippen LogP contribution in [0.4, 0.5) is 10.7 Å². The molecule has 10 heteroatoms. The smallest absolute Gasteiger partial charge is 0.319 e. The number of likely N-dealkylation sites (tertiary alicyclic amines) is 1. The SMILES string of the molecule is CN(C)C(=O)N1CCC[C@@H](NC(=O)[C@@H]2CCCO2)[C@H]1COC1CCN(c2ncccn2)CC1. The number of urea groups is 1. The Morgan fingerprint density at radius 2 is 1.88 bits per heavy atom. The summed E-state index contributed by atoms with van der Waals surface area (Å²) >= 11 is 0. The molecule has 3 aliphatic heterocycles.